The van der Waals surface area contributed by atoms with Crippen LogP contribution in [0, 0.1) is 19.8 Å². The summed E-state index contributed by atoms with van der Waals surface area (Å²) < 4.78 is 11.1. The van der Waals surface area contributed by atoms with Gasteiger partial charge in [0, 0.05) is 19.7 Å². The SMILES string of the molecule is Cc1cccc(OCCNCC2CCOC2)c1C. The van der Waals surface area contributed by atoms with Gasteiger partial charge in [-0.2, -0.15) is 0 Å². The first-order valence-electron chi connectivity index (χ1n) is 6.75. The van der Waals surface area contributed by atoms with E-state index in [2.05, 4.69) is 25.2 Å². The number of hydrogen-bond acceptors (Lipinski definition) is 3. The van der Waals surface area contributed by atoms with E-state index in [-0.39, 0.29) is 0 Å². The third kappa shape index (κ3) is 3.72. The lowest BCUT2D eigenvalue weighted by atomic mass is 10.1. The number of hydrogen-bond donors (Lipinski definition) is 1. The number of ether oxygens (including phenoxy) is 2. The zero-order chi connectivity index (χ0) is 12.8. The van der Waals surface area contributed by atoms with E-state index >= 15 is 0 Å². The van der Waals surface area contributed by atoms with E-state index in [1.165, 1.54) is 17.5 Å². The van der Waals surface area contributed by atoms with Gasteiger partial charge in [-0.25, -0.2) is 0 Å². The van der Waals surface area contributed by atoms with Crippen molar-refractivity contribution in [2.75, 3.05) is 32.9 Å². The Kier molecular flexibility index (Phi) is 5.02. The summed E-state index contributed by atoms with van der Waals surface area (Å²) in [4.78, 5) is 0. The third-order valence-corrected chi connectivity index (χ3v) is 3.55. The molecule has 0 aliphatic carbocycles. The molecule has 1 saturated heterocycles. The highest BCUT2D eigenvalue weighted by Crippen LogP contribution is 2.20. The van der Waals surface area contributed by atoms with Crippen molar-refractivity contribution in [2.45, 2.75) is 20.3 Å². The third-order valence-electron chi connectivity index (χ3n) is 3.55. The van der Waals surface area contributed by atoms with Crippen LogP contribution in [-0.2, 0) is 4.74 Å². The molecule has 1 unspecified atom stereocenters. The van der Waals surface area contributed by atoms with Crippen molar-refractivity contribution in [3.63, 3.8) is 0 Å². The van der Waals surface area contributed by atoms with Gasteiger partial charge in [-0.05, 0) is 43.4 Å². The number of benzene rings is 1. The highest BCUT2D eigenvalue weighted by Gasteiger charge is 2.14. The van der Waals surface area contributed by atoms with Crippen LogP contribution in [0.25, 0.3) is 0 Å². The van der Waals surface area contributed by atoms with Crippen LogP contribution in [0.3, 0.4) is 0 Å². The van der Waals surface area contributed by atoms with E-state index in [4.69, 9.17) is 9.47 Å². The summed E-state index contributed by atoms with van der Waals surface area (Å²) in [7, 11) is 0. The van der Waals surface area contributed by atoms with Gasteiger partial charge in [0.15, 0.2) is 0 Å². The zero-order valence-electron chi connectivity index (χ0n) is 11.4. The Labute approximate surface area is 109 Å². The molecule has 1 atom stereocenters. The molecule has 1 fully saturated rings. The van der Waals surface area contributed by atoms with E-state index in [9.17, 15) is 0 Å². The second-order valence-electron chi connectivity index (χ2n) is 4.98. The van der Waals surface area contributed by atoms with Gasteiger partial charge in [0.25, 0.3) is 0 Å². The Bertz CT molecular complexity index is 373. The average molecular weight is 249 g/mol. The van der Waals surface area contributed by atoms with Crippen molar-refractivity contribution in [1.29, 1.82) is 0 Å². The molecule has 1 aliphatic heterocycles. The largest absolute Gasteiger partial charge is 0.492 e. The molecule has 1 N–H and O–H groups in total. The van der Waals surface area contributed by atoms with Crippen molar-refractivity contribution < 1.29 is 9.47 Å². The van der Waals surface area contributed by atoms with E-state index < -0.39 is 0 Å². The number of rotatable bonds is 6. The van der Waals surface area contributed by atoms with Crippen molar-refractivity contribution in [3.05, 3.63) is 29.3 Å². The average Bonchev–Trinajstić information content (AvgIpc) is 2.87. The summed E-state index contributed by atoms with van der Waals surface area (Å²) in [6, 6.07) is 6.19. The summed E-state index contributed by atoms with van der Waals surface area (Å²) in [6.45, 7) is 8.70. The molecule has 0 aromatic heterocycles. The number of aryl methyl sites for hydroxylation is 1. The van der Waals surface area contributed by atoms with Crippen molar-refractivity contribution in [2.24, 2.45) is 5.92 Å². The van der Waals surface area contributed by atoms with Gasteiger partial charge >= 0.3 is 0 Å². The van der Waals surface area contributed by atoms with Gasteiger partial charge in [0.1, 0.15) is 12.4 Å². The second-order valence-corrected chi connectivity index (χ2v) is 4.98. The molecule has 0 bridgehead atoms. The van der Waals surface area contributed by atoms with E-state index in [1.54, 1.807) is 0 Å². The first-order chi connectivity index (χ1) is 8.77. The summed E-state index contributed by atoms with van der Waals surface area (Å²) in [5, 5.41) is 3.43. The normalized spacial score (nSPS) is 19.1. The van der Waals surface area contributed by atoms with Crippen LogP contribution in [-0.4, -0.2) is 32.9 Å². The molecule has 0 spiro atoms. The van der Waals surface area contributed by atoms with Gasteiger partial charge in [0.2, 0.25) is 0 Å². The molecule has 3 heteroatoms. The first kappa shape index (κ1) is 13.4. The molecule has 0 saturated carbocycles. The molecule has 3 nitrogen and oxygen atoms in total. The molecule has 1 heterocycles. The molecule has 18 heavy (non-hydrogen) atoms. The second kappa shape index (κ2) is 6.76. The minimum atomic E-state index is 0.686. The van der Waals surface area contributed by atoms with Crippen LogP contribution in [0.5, 0.6) is 5.75 Å². The lowest BCUT2D eigenvalue weighted by molar-refractivity contribution is 0.185. The monoisotopic (exact) mass is 249 g/mol. The van der Waals surface area contributed by atoms with Crippen molar-refractivity contribution in [1.82, 2.24) is 5.32 Å². The Morgan fingerprint density at radius 1 is 1.39 bits per heavy atom. The molecule has 0 amide bonds. The van der Waals surface area contributed by atoms with Gasteiger partial charge in [-0.3, -0.25) is 0 Å². The van der Waals surface area contributed by atoms with Crippen LogP contribution >= 0.6 is 0 Å². The molecular formula is C15H23NO2. The van der Waals surface area contributed by atoms with Crippen LogP contribution in [0.15, 0.2) is 18.2 Å². The fraction of sp³-hybridized carbons (Fsp3) is 0.600. The minimum absolute atomic E-state index is 0.686. The Morgan fingerprint density at radius 2 is 2.28 bits per heavy atom. The number of nitrogens with one attached hydrogen (secondary N) is 1. The highest BCUT2D eigenvalue weighted by molar-refractivity contribution is 5.38. The summed E-state index contributed by atoms with van der Waals surface area (Å²) >= 11 is 0. The van der Waals surface area contributed by atoms with Gasteiger partial charge < -0.3 is 14.8 Å². The van der Waals surface area contributed by atoms with E-state index in [0.29, 0.717) is 5.92 Å². The lowest BCUT2D eigenvalue weighted by Crippen LogP contribution is -2.27. The minimum Gasteiger partial charge on any atom is -0.492 e. The van der Waals surface area contributed by atoms with Crippen LogP contribution in [0.4, 0.5) is 0 Å². The standard InChI is InChI=1S/C15H23NO2/c1-12-4-3-5-15(13(12)2)18-9-7-16-10-14-6-8-17-11-14/h3-5,14,16H,6-11H2,1-2H3. The van der Waals surface area contributed by atoms with Crippen LogP contribution in [0.1, 0.15) is 17.5 Å². The summed E-state index contributed by atoms with van der Waals surface area (Å²) in [5.74, 6) is 1.69. The molecule has 2 rings (SSSR count). The van der Waals surface area contributed by atoms with Gasteiger partial charge in [-0.15, -0.1) is 0 Å². The molecule has 0 radical (unpaired) electrons. The maximum absolute atomic E-state index is 5.79. The van der Waals surface area contributed by atoms with E-state index in [1.807, 2.05) is 12.1 Å². The lowest BCUT2D eigenvalue weighted by Gasteiger charge is -2.12. The quantitative estimate of drug-likeness (QED) is 0.785. The van der Waals surface area contributed by atoms with Gasteiger partial charge in [-0.1, -0.05) is 12.1 Å². The maximum Gasteiger partial charge on any atom is 0.122 e. The maximum atomic E-state index is 5.79. The smallest absolute Gasteiger partial charge is 0.122 e. The summed E-state index contributed by atoms with van der Waals surface area (Å²) in [6.07, 6.45) is 1.19. The molecule has 1 aromatic carbocycles. The van der Waals surface area contributed by atoms with Crippen molar-refractivity contribution >= 4 is 0 Å². The summed E-state index contributed by atoms with van der Waals surface area (Å²) in [5.41, 5.74) is 2.52. The topological polar surface area (TPSA) is 30.5 Å². The van der Waals surface area contributed by atoms with Gasteiger partial charge in [0.05, 0.1) is 6.61 Å². The molecule has 1 aromatic rings. The van der Waals surface area contributed by atoms with E-state index in [0.717, 1.165) is 38.7 Å². The van der Waals surface area contributed by atoms with Crippen LogP contribution in [0.2, 0.25) is 0 Å². The Hall–Kier alpha value is -1.06. The highest BCUT2D eigenvalue weighted by atomic mass is 16.5. The van der Waals surface area contributed by atoms with Crippen LogP contribution < -0.4 is 10.1 Å². The first-order valence-corrected chi connectivity index (χ1v) is 6.75. The zero-order valence-corrected chi connectivity index (χ0v) is 11.4. The Balaban J connectivity index is 1.64. The predicted molar refractivity (Wildman–Crippen MR) is 73.2 cm³/mol. The van der Waals surface area contributed by atoms with Crippen molar-refractivity contribution in [3.8, 4) is 5.75 Å². The predicted octanol–water partition coefficient (Wildman–Crippen LogP) is 2.31. The molecule has 100 valence electrons. The Morgan fingerprint density at radius 3 is 3.06 bits per heavy atom. The molecular weight excluding hydrogens is 226 g/mol. The fourth-order valence-corrected chi connectivity index (χ4v) is 2.16. The molecule has 1 aliphatic rings. The fourth-order valence-electron chi connectivity index (χ4n) is 2.16.